The van der Waals surface area contributed by atoms with Crippen LogP contribution in [0.1, 0.15) is 20.3 Å². The third kappa shape index (κ3) is 1.85. The number of hydrogen-bond acceptors (Lipinski definition) is 1. The van der Waals surface area contributed by atoms with E-state index in [0.29, 0.717) is 5.92 Å². The topological polar surface area (TPSA) is 46.3 Å². The summed E-state index contributed by atoms with van der Waals surface area (Å²) in [5, 5.41) is 0. The fourth-order valence-corrected chi connectivity index (χ4v) is 1.46. The Balaban J connectivity index is 2.46. The molecule has 64 valence electrons. The van der Waals surface area contributed by atoms with E-state index in [2.05, 4.69) is 13.8 Å². The summed E-state index contributed by atoms with van der Waals surface area (Å²) >= 11 is 0. The van der Waals surface area contributed by atoms with Crippen LogP contribution in [0, 0.1) is 11.8 Å². The molecule has 0 aromatic rings. The van der Waals surface area contributed by atoms with Crippen LogP contribution in [0.4, 0.5) is 4.79 Å². The summed E-state index contributed by atoms with van der Waals surface area (Å²) in [7, 11) is 0. The van der Waals surface area contributed by atoms with Crippen molar-refractivity contribution in [2.24, 2.45) is 17.6 Å². The molecule has 0 saturated carbocycles. The normalized spacial score (nSPS) is 32.0. The van der Waals surface area contributed by atoms with Crippen molar-refractivity contribution in [1.82, 2.24) is 4.90 Å². The van der Waals surface area contributed by atoms with Crippen LogP contribution in [0.5, 0.6) is 0 Å². The van der Waals surface area contributed by atoms with Gasteiger partial charge in [-0.15, -0.1) is 0 Å². The number of carbonyl (C=O) groups is 1. The second kappa shape index (κ2) is 3.11. The SMILES string of the molecule is C[C@@H]1CCN(C(N)=O)C[C@@H]1C. The molecule has 0 spiro atoms. The molecule has 0 unspecified atom stereocenters. The highest BCUT2D eigenvalue weighted by Crippen LogP contribution is 2.21. The van der Waals surface area contributed by atoms with Crippen molar-refractivity contribution in [1.29, 1.82) is 0 Å². The number of hydrogen-bond donors (Lipinski definition) is 1. The molecule has 0 aliphatic carbocycles. The standard InChI is InChI=1S/C8H16N2O/c1-6-3-4-10(8(9)11)5-7(6)2/h6-7H,3-5H2,1-2H3,(H2,9,11)/t6-,7+/m1/s1. The lowest BCUT2D eigenvalue weighted by Gasteiger charge is -2.34. The van der Waals surface area contributed by atoms with Gasteiger partial charge in [-0.3, -0.25) is 0 Å². The molecule has 0 aromatic carbocycles. The Labute approximate surface area is 67.5 Å². The Morgan fingerprint density at radius 2 is 2.09 bits per heavy atom. The average molecular weight is 156 g/mol. The van der Waals surface area contributed by atoms with Crippen LogP contribution in [-0.2, 0) is 0 Å². The largest absolute Gasteiger partial charge is 0.351 e. The summed E-state index contributed by atoms with van der Waals surface area (Å²) in [6, 6.07) is -0.274. The molecule has 1 aliphatic heterocycles. The van der Waals surface area contributed by atoms with E-state index in [0.717, 1.165) is 25.4 Å². The minimum Gasteiger partial charge on any atom is -0.351 e. The predicted octanol–water partition coefficient (Wildman–Crippen LogP) is 1.04. The summed E-state index contributed by atoms with van der Waals surface area (Å²) in [6.07, 6.45) is 1.09. The first-order valence-electron chi connectivity index (χ1n) is 4.15. The quantitative estimate of drug-likeness (QED) is 0.559. The van der Waals surface area contributed by atoms with Gasteiger partial charge in [0.1, 0.15) is 0 Å². The minimum absolute atomic E-state index is 0.274. The molecule has 3 nitrogen and oxygen atoms in total. The number of amides is 2. The molecule has 3 heteroatoms. The lowest BCUT2D eigenvalue weighted by Crippen LogP contribution is -2.44. The van der Waals surface area contributed by atoms with E-state index in [1.807, 2.05) is 0 Å². The fraction of sp³-hybridized carbons (Fsp3) is 0.875. The Morgan fingerprint density at radius 3 is 2.55 bits per heavy atom. The van der Waals surface area contributed by atoms with Crippen molar-refractivity contribution in [3.8, 4) is 0 Å². The number of nitrogens with zero attached hydrogens (tertiary/aromatic N) is 1. The summed E-state index contributed by atoms with van der Waals surface area (Å²) in [5.41, 5.74) is 5.16. The predicted molar refractivity (Wildman–Crippen MR) is 44.1 cm³/mol. The minimum atomic E-state index is -0.274. The van der Waals surface area contributed by atoms with Crippen LogP contribution < -0.4 is 5.73 Å². The second-order valence-corrected chi connectivity index (χ2v) is 3.53. The van der Waals surface area contributed by atoms with Crippen molar-refractivity contribution in [2.45, 2.75) is 20.3 Å². The smallest absolute Gasteiger partial charge is 0.314 e. The highest BCUT2D eigenvalue weighted by Gasteiger charge is 2.23. The van der Waals surface area contributed by atoms with Crippen LogP contribution in [-0.4, -0.2) is 24.0 Å². The lowest BCUT2D eigenvalue weighted by atomic mass is 9.89. The molecule has 0 radical (unpaired) electrons. The summed E-state index contributed by atoms with van der Waals surface area (Å²) in [4.78, 5) is 12.5. The molecule has 1 fully saturated rings. The first kappa shape index (κ1) is 8.37. The Morgan fingerprint density at radius 1 is 1.45 bits per heavy atom. The van der Waals surface area contributed by atoms with Crippen LogP contribution in [0.3, 0.4) is 0 Å². The monoisotopic (exact) mass is 156 g/mol. The van der Waals surface area contributed by atoms with Crippen LogP contribution in [0.2, 0.25) is 0 Å². The molecule has 1 rings (SSSR count). The number of carbonyl (C=O) groups excluding carboxylic acids is 1. The van der Waals surface area contributed by atoms with Gasteiger partial charge in [0.05, 0.1) is 0 Å². The molecule has 2 N–H and O–H groups in total. The molecular formula is C8H16N2O. The van der Waals surface area contributed by atoms with Gasteiger partial charge < -0.3 is 10.6 Å². The maximum absolute atomic E-state index is 10.8. The molecule has 1 saturated heterocycles. The molecule has 11 heavy (non-hydrogen) atoms. The number of piperidine rings is 1. The van der Waals surface area contributed by atoms with E-state index in [1.165, 1.54) is 0 Å². The zero-order chi connectivity index (χ0) is 8.43. The van der Waals surface area contributed by atoms with Gasteiger partial charge in [-0.05, 0) is 18.3 Å². The van der Waals surface area contributed by atoms with Gasteiger partial charge in [0, 0.05) is 13.1 Å². The molecule has 1 aliphatic rings. The van der Waals surface area contributed by atoms with E-state index < -0.39 is 0 Å². The summed E-state index contributed by atoms with van der Waals surface area (Å²) in [6.45, 7) is 6.06. The molecule has 2 amide bonds. The third-order valence-electron chi connectivity index (χ3n) is 2.65. The van der Waals surface area contributed by atoms with Crippen molar-refractivity contribution in [2.75, 3.05) is 13.1 Å². The van der Waals surface area contributed by atoms with Gasteiger partial charge in [-0.25, -0.2) is 4.79 Å². The molecule has 1 heterocycles. The third-order valence-corrected chi connectivity index (χ3v) is 2.65. The van der Waals surface area contributed by atoms with Crippen molar-refractivity contribution in [3.05, 3.63) is 0 Å². The fourth-order valence-electron chi connectivity index (χ4n) is 1.46. The van der Waals surface area contributed by atoms with Crippen LogP contribution in [0.25, 0.3) is 0 Å². The average Bonchev–Trinajstić information content (AvgIpc) is 1.94. The zero-order valence-electron chi connectivity index (χ0n) is 7.21. The van der Waals surface area contributed by atoms with E-state index in [-0.39, 0.29) is 6.03 Å². The van der Waals surface area contributed by atoms with E-state index in [4.69, 9.17) is 5.73 Å². The van der Waals surface area contributed by atoms with Crippen molar-refractivity contribution < 1.29 is 4.79 Å². The Bertz CT molecular complexity index is 158. The van der Waals surface area contributed by atoms with Gasteiger partial charge in [-0.2, -0.15) is 0 Å². The van der Waals surface area contributed by atoms with Crippen LogP contribution >= 0.6 is 0 Å². The zero-order valence-corrected chi connectivity index (χ0v) is 7.21. The number of rotatable bonds is 0. The van der Waals surface area contributed by atoms with Gasteiger partial charge >= 0.3 is 6.03 Å². The van der Waals surface area contributed by atoms with Gasteiger partial charge in [-0.1, -0.05) is 13.8 Å². The van der Waals surface area contributed by atoms with Gasteiger partial charge in [0.25, 0.3) is 0 Å². The summed E-state index contributed by atoms with van der Waals surface area (Å²) < 4.78 is 0. The first-order chi connectivity index (χ1) is 5.11. The van der Waals surface area contributed by atoms with E-state index >= 15 is 0 Å². The molecule has 2 atom stereocenters. The molecule has 0 aromatic heterocycles. The molecule has 0 bridgehead atoms. The Kier molecular flexibility index (Phi) is 2.37. The Hall–Kier alpha value is -0.730. The van der Waals surface area contributed by atoms with Gasteiger partial charge in [0.15, 0.2) is 0 Å². The number of urea groups is 1. The van der Waals surface area contributed by atoms with E-state index in [9.17, 15) is 4.79 Å². The maximum Gasteiger partial charge on any atom is 0.314 e. The number of primary amides is 1. The highest BCUT2D eigenvalue weighted by atomic mass is 16.2. The first-order valence-corrected chi connectivity index (χ1v) is 4.15. The molecular weight excluding hydrogens is 140 g/mol. The lowest BCUT2D eigenvalue weighted by molar-refractivity contribution is 0.151. The second-order valence-electron chi connectivity index (χ2n) is 3.53. The maximum atomic E-state index is 10.8. The van der Waals surface area contributed by atoms with Crippen molar-refractivity contribution >= 4 is 6.03 Å². The summed E-state index contributed by atoms with van der Waals surface area (Å²) in [5.74, 6) is 1.32. The number of likely N-dealkylation sites (tertiary alicyclic amines) is 1. The highest BCUT2D eigenvalue weighted by molar-refractivity contribution is 5.72. The number of nitrogens with two attached hydrogens (primary N) is 1. The van der Waals surface area contributed by atoms with Crippen LogP contribution in [0.15, 0.2) is 0 Å². The van der Waals surface area contributed by atoms with Gasteiger partial charge in [0.2, 0.25) is 0 Å². The van der Waals surface area contributed by atoms with E-state index in [1.54, 1.807) is 4.90 Å². The van der Waals surface area contributed by atoms with Crippen molar-refractivity contribution in [3.63, 3.8) is 0 Å².